The van der Waals surface area contributed by atoms with Crippen LogP contribution in [0.15, 0.2) is 35.3 Å². The largest absolute Gasteiger partial charge is 0.476 e. The summed E-state index contributed by atoms with van der Waals surface area (Å²) in [6.45, 7) is 1.54. The van der Waals surface area contributed by atoms with E-state index in [4.69, 9.17) is 16.7 Å². The van der Waals surface area contributed by atoms with Crippen LogP contribution in [-0.4, -0.2) is 20.9 Å². The van der Waals surface area contributed by atoms with Gasteiger partial charge in [-0.2, -0.15) is 5.10 Å². The number of aromatic nitrogens is 2. The summed E-state index contributed by atoms with van der Waals surface area (Å²) in [5.74, 6) is -1.35. The maximum absolute atomic E-state index is 11.6. The first kappa shape index (κ1) is 12.3. The minimum Gasteiger partial charge on any atom is -0.476 e. The number of aromatic carboxylic acids is 1. The Hall–Kier alpha value is -2.14. The van der Waals surface area contributed by atoms with Gasteiger partial charge in [-0.05, 0) is 25.1 Å². The van der Waals surface area contributed by atoms with Gasteiger partial charge in [-0.1, -0.05) is 17.7 Å². The Morgan fingerprint density at radius 3 is 2.78 bits per heavy atom. The van der Waals surface area contributed by atoms with Gasteiger partial charge in [0.25, 0.3) is 0 Å². The molecule has 0 amide bonds. The second kappa shape index (κ2) is 4.62. The highest BCUT2D eigenvalue weighted by molar-refractivity contribution is 6.30. The van der Waals surface area contributed by atoms with E-state index in [9.17, 15) is 9.59 Å². The van der Waals surface area contributed by atoms with E-state index in [1.165, 1.54) is 17.8 Å². The molecule has 1 aromatic heterocycles. The fourth-order valence-corrected chi connectivity index (χ4v) is 1.69. The van der Waals surface area contributed by atoms with Gasteiger partial charge in [0.2, 0.25) is 11.1 Å². The molecule has 1 N–H and O–H groups in total. The summed E-state index contributed by atoms with van der Waals surface area (Å²) < 4.78 is 1.33. The van der Waals surface area contributed by atoms with Gasteiger partial charge in [0.1, 0.15) is 0 Å². The molecule has 1 heterocycles. The van der Waals surface area contributed by atoms with Gasteiger partial charge >= 0.3 is 5.97 Å². The predicted octanol–water partition coefficient (Wildman–Crippen LogP) is 1.89. The maximum Gasteiger partial charge on any atom is 0.360 e. The summed E-state index contributed by atoms with van der Waals surface area (Å²) >= 11 is 5.85. The van der Waals surface area contributed by atoms with Crippen LogP contribution in [0.4, 0.5) is 0 Å². The van der Waals surface area contributed by atoms with Crippen molar-refractivity contribution in [2.75, 3.05) is 0 Å². The number of nitrogens with zero attached hydrogens (tertiary/aromatic N) is 2. The zero-order valence-corrected chi connectivity index (χ0v) is 10.2. The molecular weight excluding hydrogens is 256 g/mol. The Bertz CT molecular complexity index is 679. The maximum atomic E-state index is 11.6. The van der Waals surface area contributed by atoms with E-state index in [1.54, 1.807) is 24.3 Å². The molecule has 0 fully saturated rings. The third-order valence-corrected chi connectivity index (χ3v) is 2.61. The lowest BCUT2D eigenvalue weighted by molar-refractivity contribution is 0.0686. The average Bonchev–Trinajstić information content (AvgIpc) is 2.32. The summed E-state index contributed by atoms with van der Waals surface area (Å²) in [6, 6.07) is 6.75. The minimum absolute atomic E-state index is 0.308. The molecule has 0 aliphatic carbocycles. The molecule has 18 heavy (non-hydrogen) atoms. The average molecular weight is 265 g/mol. The quantitative estimate of drug-likeness (QED) is 0.899. The van der Waals surface area contributed by atoms with E-state index in [2.05, 4.69) is 5.10 Å². The first-order valence-electron chi connectivity index (χ1n) is 5.09. The minimum atomic E-state index is -1.35. The summed E-state index contributed by atoms with van der Waals surface area (Å²) in [6.07, 6.45) is 1.47. The molecule has 6 heteroatoms. The van der Waals surface area contributed by atoms with Crippen LogP contribution in [0.2, 0.25) is 5.02 Å². The van der Waals surface area contributed by atoms with Crippen LogP contribution in [-0.2, 0) is 0 Å². The highest BCUT2D eigenvalue weighted by Gasteiger charge is 2.14. The van der Waals surface area contributed by atoms with E-state index >= 15 is 0 Å². The number of halogens is 1. The molecule has 0 saturated carbocycles. The summed E-state index contributed by atoms with van der Waals surface area (Å²) in [7, 11) is 0. The second-order valence-electron chi connectivity index (χ2n) is 3.72. The molecule has 1 aromatic carbocycles. The van der Waals surface area contributed by atoms with Crippen LogP contribution in [0.1, 0.15) is 16.1 Å². The lowest BCUT2D eigenvalue weighted by Gasteiger charge is -2.07. The second-order valence-corrected chi connectivity index (χ2v) is 4.16. The standard InChI is InChI=1S/C12H9ClN2O3/c1-7-6-15(9-4-2-3-8(13)5-9)14-10(11(7)16)12(17)18/h2-6H,1H3,(H,17,18). The molecule has 2 aromatic rings. The first-order chi connectivity index (χ1) is 8.49. The van der Waals surface area contributed by atoms with E-state index in [0.717, 1.165) is 0 Å². The Labute approximate surface area is 107 Å². The Kier molecular flexibility index (Phi) is 3.16. The number of carboxylic acid groups (broad SMARTS) is 1. The molecule has 0 spiro atoms. The molecule has 0 radical (unpaired) electrons. The molecule has 92 valence electrons. The zero-order chi connectivity index (χ0) is 13.3. The predicted molar refractivity (Wildman–Crippen MR) is 66.5 cm³/mol. The Balaban J connectivity index is 2.66. The fraction of sp³-hybridized carbons (Fsp3) is 0.0833. The molecule has 0 bridgehead atoms. The molecule has 2 rings (SSSR count). The van der Waals surface area contributed by atoms with Crippen molar-refractivity contribution in [3.8, 4) is 5.69 Å². The van der Waals surface area contributed by atoms with Crippen molar-refractivity contribution in [1.29, 1.82) is 0 Å². The molecule has 0 atom stereocenters. The van der Waals surface area contributed by atoms with E-state index < -0.39 is 17.1 Å². The first-order valence-corrected chi connectivity index (χ1v) is 5.46. The van der Waals surface area contributed by atoms with E-state index in [0.29, 0.717) is 16.3 Å². The zero-order valence-electron chi connectivity index (χ0n) is 9.42. The summed E-state index contributed by atoms with van der Waals surface area (Å²) in [5, 5.41) is 13.2. The molecule has 5 nitrogen and oxygen atoms in total. The van der Waals surface area contributed by atoms with Gasteiger partial charge in [-0.15, -0.1) is 0 Å². The van der Waals surface area contributed by atoms with Gasteiger partial charge in [0.05, 0.1) is 5.69 Å². The number of carboxylic acids is 1. The van der Waals surface area contributed by atoms with Crippen LogP contribution in [0.5, 0.6) is 0 Å². The van der Waals surface area contributed by atoms with E-state index in [-0.39, 0.29) is 0 Å². The van der Waals surface area contributed by atoms with Crippen molar-refractivity contribution in [3.63, 3.8) is 0 Å². The topological polar surface area (TPSA) is 72.2 Å². The van der Waals surface area contributed by atoms with Crippen LogP contribution in [0, 0.1) is 6.92 Å². The SMILES string of the molecule is Cc1cn(-c2cccc(Cl)c2)nc(C(=O)O)c1=O. The highest BCUT2D eigenvalue weighted by Crippen LogP contribution is 2.13. The van der Waals surface area contributed by atoms with E-state index in [1.807, 2.05) is 0 Å². The van der Waals surface area contributed by atoms with Gasteiger partial charge in [0.15, 0.2) is 0 Å². The third kappa shape index (κ3) is 2.26. The lowest BCUT2D eigenvalue weighted by atomic mass is 10.2. The Morgan fingerprint density at radius 2 is 2.17 bits per heavy atom. The highest BCUT2D eigenvalue weighted by atomic mass is 35.5. The van der Waals surface area contributed by atoms with Gasteiger partial charge < -0.3 is 5.11 Å². The monoisotopic (exact) mass is 264 g/mol. The number of rotatable bonds is 2. The number of carbonyl (C=O) groups is 1. The van der Waals surface area contributed by atoms with Gasteiger partial charge in [-0.3, -0.25) is 4.79 Å². The number of hydrogen-bond donors (Lipinski definition) is 1. The van der Waals surface area contributed by atoms with Crippen LogP contribution >= 0.6 is 11.6 Å². The van der Waals surface area contributed by atoms with Crippen molar-refractivity contribution in [3.05, 3.63) is 57.0 Å². The molecule has 0 aliphatic rings. The van der Waals surface area contributed by atoms with Gasteiger partial charge in [0, 0.05) is 16.8 Å². The molecule has 0 unspecified atom stereocenters. The smallest absolute Gasteiger partial charge is 0.360 e. The van der Waals surface area contributed by atoms with Crippen LogP contribution in [0.3, 0.4) is 0 Å². The Morgan fingerprint density at radius 1 is 1.44 bits per heavy atom. The number of benzene rings is 1. The number of aryl methyl sites for hydroxylation is 1. The van der Waals surface area contributed by atoms with Crippen molar-refractivity contribution < 1.29 is 9.90 Å². The van der Waals surface area contributed by atoms with Crippen LogP contribution in [0.25, 0.3) is 5.69 Å². The van der Waals surface area contributed by atoms with Crippen LogP contribution < -0.4 is 5.43 Å². The van der Waals surface area contributed by atoms with Crippen molar-refractivity contribution in [2.24, 2.45) is 0 Å². The lowest BCUT2D eigenvalue weighted by Crippen LogP contribution is -2.23. The van der Waals surface area contributed by atoms with Gasteiger partial charge in [-0.25, -0.2) is 9.48 Å². The summed E-state index contributed by atoms with van der Waals surface area (Å²) in [5.41, 5.74) is -0.189. The molecule has 0 saturated heterocycles. The normalized spacial score (nSPS) is 10.3. The fourth-order valence-electron chi connectivity index (χ4n) is 1.50. The van der Waals surface area contributed by atoms with Crippen molar-refractivity contribution in [1.82, 2.24) is 9.78 Å². The third-order valence-electron chi connectivity index (χ3n) is 2.37. The van der Waals surface area contributed by atoms with Crippen molar-refractivity contribution >= 4 is 17.6 Å². The molecule has 0 aliphatic heterocycles. The summed E-state index contributed by atoms with van der Waals surface area (Å²) in [4.78, 5) is 22.5. The van der Waals surface area contributed by atoms with Crippen molar-refractivity contribution in [2.45, 2.75) is 6.92 Å². The number of hydrogen-bond acceptors (Lipinski definition) is 3. The molecular formula is C12H9ClN2O3.